The second-order valence-corrected chi connectivity index (χ2v) is 12.4. The summed E-state index contributed by atoms with van der Waals surface area (Å²) in [6.45, 7) is 6.10. The van der Waals surface area contributed by atoms with E-state index in [1.54, 1.807) is 32.4 Å². The summed E-state index contributed by atoms with van der Waals surface area (Å²) in [5.41, 5.74) is 2.30. The number of ether oxygens (including phenoxy) is 3. The van der Waals surface area contributed by atoms with Gasteiger partial charge in [0.2, 0.25) is 0 Å². The van der Waals surface area contributed by atoms with Gasteiger partial charge in [-0.3, -0.25) is 14.2 Å². The largest absolute Gasteiger partial charge is 0.491 e. The van der Waals surface area contributed by atoms with Crippen molar-refractivity contribution >= 4 is 38.2 Å². The van der Waals surface area contributed by atoms with Crippen molar-refractivity contribution in [3.8, 4) is 5.75 Å². The topological polar surface area (TPSA) is 106 Å². The van der Waals surface area contributed by atoms with Gasteiger partial charge in [-0.05, 0) is 23.8 Å². The first kappa shape index (κ1) is 26.2. The van der Waals surface area contributed by atoms with Crippen LogP contribution in [0.5, 0.6) is 5.75 Å². The minimum absolute atomic E-state index is 0.00591. The predicted molar refractivity (Wildman–Crippen MR) is 146 cm³/mol. The van der Waals surface area contributed by atoms with E-state index in [-0.39, 0.29) is 11.1 Å². The number of pyridine rings is 1. The summed E-state index contributed by atoms with van der Waals surface area (Å²) < 4.78 is 44.6. The molecule has 0 radical (unpaired) electrons. The molecular formula is C25H33N5O5S2. The van der Waals surface area contributed by atoms with Crippen LogP contribution in [0, 0.1) is 0 Å². The van der Waals surface area contributed by atoms with Crippen LogP contribution in [-0.2, 0) is 25.9 Å². The number of sulfonamides is 1. The minimum atomic E-state index is -3.87. The number of benzene rings is 1. The smallest absolute Gasteiger partial charge is 0.281 e. The Morgan fingerprint density at radius 3 is 2.84 bits per heavy atom. The quantitative estimate of drug-likeness (QED) is 0.448. The third kappa shape index (κ3) is 5.88. The van der Waals surface area contributed by atoms with Crippen molar-refractivity contribution in [2.45, 2.75) is 22.7 Å². The van der Waals surface area contributed by atoms with E-state index in [4.69, 9.17) is 19.2 Å². The lowest BCUT2D eigenvalue weighted by Crippen LogP contribution is -2.40. The van der Waals surface area contributed by atoms with E-state index < -0.39 is 10.0 Å². The summed E-state index contributed by atoms with van der Waals surface area (Å²) in [5, 5.41) is 5.05. The van der Waals surface area contributed by atoms with Crippen LogP contribution in [0.4, 0.5) is 11.4 Å². The molecule has 12 heteroatoms. The van der Waals surface area contributed by atoms with Crippen LogP contribution >= 0.6 is 11.8 Å². The zero-order valence-corrected chi connectivity index (χ0v) is 22.8. The van der Waals surface area contributed by atoms with Crippen LogP contribution < -0.4 is 14.4 Å². The van der Waals surface area contributed by atoms with E-state index in [9.17, 15) is 8.42 Å². The van der Waals surface area contributed by atoms with Crippen molar-refractivity contribution in [3.63, 3.8) is 0 Å². The summed E-state index contributed by atoms with van der Waals surface area (Å²) in [4.78, 5) is 11.4. The van der Waals surface area contributed by atoms with Crippen molar-refractivity contribution in [2.24, 2.45) is 4.99 Å². The van der Waals surface area contributed by atoms with Crippen LogP contribution in [0.15, 0.2) is 46.5 Å². The Kier molecular flexibility index (Phi) is 8.20. The molecule has 1 aromatic carbocycles. The van der Waals surface area contributed by atoms with E-state index in [0.29, 0.717) is 36.3 Å². The predicted octanol–water partition coefficient (Wildman–Crippen LogP) is 2.11. The highest BCUT2D eigenvalue weighted by Crippen LogP contribution is 2.42. The highest BCUT2D eigenvalue weighted by atomic mass is 32.2. The number of rotatable bonds is 10. The standard InChI is InChI=1S/C25H33N5O5S2/c1-29(37(31,32)23-5-3-4-6-26-23)22-15-19(35-12-11-33-2)13-18-14-21(28-24(18)22)25-27-16-20(36-25)17-30-7-9-34-10-8-30/h3-6,13,15,20-21,28H,7-12,14,16-17H2,1-2H3. The number of aromatic nitrogens is 1. The number of methoxy groups -OCH3 is 1. The van der Waals surface area contributed by atoms with Crippen molar-refractivity contribution in [1.29, 1.82) is 0 Å². The monoisotopic (exact) mass is 547 g/mol. The molecule has 1 aromatic heterocycles. The van der Waals surface area contributed by atoms with Gasteiger partial charge in [0.05, 0.1) is 48.8 Å². The molecule has 0 aliphatic carbocycles. The lowest BCUT2D eigenvalue weighted by Gasteiger charge is -2.28. The van der Waals surface area contributed by atoms with Crippen LogP contribution in [0.1, 0.15) is 5.56 Å². The van der Waals surface area contributed by atoms with Gasteiger partial charge in [0.15, 0.2) is 5.03 Å². The Balaban J connectivity index is 1.36. The van der Waals surface area contributed by atoms with Crippen molar-refractivity contribution < 1.29 is 22.6 Å². The van der Waals surface area contributed by atoms with E-state index >= 15 is 0 Å². The average Bonchev–Trinajstić information content (AvgIpc) is 3.56. The first-order valence-corrected chi connectivity index (χ1v) is 14.7. The molecule has 1 N–H and O–H groups in total. The summed E-state index contributed by atoms with van der Waals surface area (Å²) in [6, 6.07) is 8.59. The molecule has 37 heavy (non-hydrogen) atoms. The molecule has 200 valence electrons. The third-order valence-corrected chi connectivity index (χ3v) is 9.65. The molecule has 0 bridgehead atoms. The maximum absolute atomic E-state index is 13.4. The average molecular weight is 548 g/mol. The van der Waals surface area contributed by atoms with Gasteiger partial charge in [0.1, 0.15) is 12.4 Å². The molecular weight excluding hydrogens is 514 g/mol. The third-order valence-electron chi connectivity index (χ3n) is 6.68. The van der Waals surface area contributed by atoms with Crippen molar-refractivity contribution in [3.05, 3.63) is 42.1 Å². The van der Waals surface area contributed by atoms with Crippen LogP contribution in [-0.4, -0.2) is 101 Å². The van der Waals surface area contributed by atoms with Gasteiger partial charge in [-0.2, -0.15) is 8.42 Å². The number of nitrogens with one attached hydrogen (secondary N) is 1. The molecule has 2 aromatic rings. The van der Waals surface area contributed by atoms with Gasteiger partial charge >= 0.3 is 0 Å². The number of morpholine rings is 1. The molecule has 10 nitrogen and oxygen atoms in total. The highest BCUT2D eigenvalue weighted by Gasteiger charge is 2.35. The maximum atomic E-state index is 13.4. The number of aliphatic imine (C=N–C) groups is 1. The van der Waals surface area contributed by atoms with Crippen LogP contribution in [0.25, 0.3) is 0 Å². The van der Waals surface area contributed by atoms with Crippen molar-refractivity contribution in [1.82, 2.24) is 9.88 Å². The Bertz CT molecular complexity index is 1220. The van der Waals surface area contributed by atoms with Crippen LogP contribution in [0.2, 0.25) is 0 Å². The summed E-state index contributed by atoms with van der Waals surface area (Å²) in [5.74, 6) is 0.600. The van der Waals surface area contributed by atoms with Gasteiger partial charge in [-0.1, -0.05) is 6.07 Å². The Morgan fingerprint density at radius 1 is 1.24 bits per heavy atom. The maximum Gasteiger partial charge on any atom is 0.281 e. The number of fused-ring (bicyclic) bond motifs is 1. The van der Waals surface area contributed by atoms with E-state index in [1.165, 1.54) is 16.6 Å². The fourth-order valence-corrected chi connectivity index (χ4v) is 7.08. The summed E-state index contributed by atoms with van der Waals surface area (Å²) >= 11 is 1.83. The molecule has 2 unspecified atom stereocenters. The van der Waals surface area contributed by atoms with E-state index in [0.717, 1.165) is 55.7 Å². The first-order valence-electron chi connectivity index (χ1n) is 12.4. The lowest BCUT2D eigenvalue weighted by atomic mass is 10.1. The number of thioether (sulfide) groups is 1. The molecule has 3 aliphatic heterocycles. The Labute approximate surface area is 222 Å². The van der Waals surface area contributed by atoms with Gasteiger partial charge in [0.25, 0.3) is 10.0 Å². The first-order chi connectivity index (χ1) is 18.0. The number of hydrogen-bond acceptors (Lipinski definition) is 10. The fourth-order valence-electron chi connectivity index (χ4n) is 4.72. The van der Waals surface area contributed by atoms with E-state index in [1.807, 2.05) is 17.8 Å². The number of anilines is 2. The van der Waals surface area contributed by atoms with Gasteiger partial charge in [-0.25, -0.2) is 4.98 Å². The molecule has 1 saturated heterocycles. The van der Waals surface area contributed by atoms with Crippen molar-refractivity contribution in [2.75, 3.05) is 76.4 Å². The summed E-state index contributed by atoms with van der Waals surface area (Å²) in [6.07, 6.45) is 2.18. The second kappa shape index (κ2) is 11.6. The van der Waals surface area contributed by atoms with Gasteiger partial charge < -0.3 is 19.5 Å². The zero-order chi connectivity index (χ0) is 25.8. The molecule has 3 aliphatic rings. The number of hydrogen-bond donors (Lipinski definition) is 1. The number of nitrogens with zero attached hydrogens (tertiary/aromatic N) is 4. The molecule has 4 heterocycles. The molecule has 0 saturated carbocycles. The van der Waals surface area contributed by atoms with E-state index in [2.05, 4.69) is 15.2 Å². The molecule has 1 fully saturated rings. The van der Waals surface area contributed by atoms with Crippen LogP contribution in [0.3, 0.4) is 0 Å². The lowest BCUT2D eigenvalue weighted by molar-refractivity contribution is 0.0385. The van der Waals surface area contributed by atoms with Gasteiger partial charge in [0, 0.05) is 57.7 Å². The second-order valence-electron chi connectivity index (χ2n) is 9.19. The molecule has 2 atom stereocenters. The fraction of sp³-hybridized carbons (Fsp3) is 0.520. The van der Waals surface area contributed by atoms with Gasteiger partial charge in [-0.15, -0.1) is 11.8 Å². The zero-order valence-electron chi connectivity index (χ0n) is 21.1. The Morgan fingerprint density at radius 2 is 2.08 bits per heavy atom. The molecule has 0 amide bonds. The normalized spacial score (nSPS) is 21.8. The molecule has 5 rings (SSSR count). The SMILES string of the molecule is COCCOc1cc2c(c(N(C)S(=O)(=O)c3ccccn3)c1)NC(C1=NCC(CN3CCOCC3)S1)C2. The Hall–Kier alpha value is -2.38. The minimum Gasteiger partial charge on any atom is -0.491 e. The highest BCUT2D eigenvalue weighted by molar-refractivity contribution is 8.15. The summed E-state index contributed by atoms with van der Waals surface area (Å²) in [7, 11) is -0.700. The molecule has 0 spiro atoms.